The summed E-state index contributed by atoms with van der Waals surface area (Å²) in [6, 6.07) is 7.62. The molecule has 6 heteroatoms. The third kappa shape index (κ3) is 3.73. The number of benzene rings is 1. The van der Waals surface area contributed by atoms with Crippen LogP contribution in [0.15, 0.2) is 24.3 Å². The molecule has 1 aromatic carbocycles. The molecule has 2 aliphatic heterocycles. The normalized spacial score (nSPS) is 27.8. The fraction of sp³-hybridized carbons (Fsp3) is 0.556. The largest absolute Gasteiger partial charge is 0.323 e. The molecular weight excluding hydrogens is 326 g/mol. The lowest BCUT2D eigenvalue weighted by Crippen LogP contribution is -2.55. The average Bonchev–Trinajstić information content (AvgIpc) is 2.83. The Hall–Kier alpha value is -1.59. The molecule has 2 heterocycles. The van der Waals surface area contributed by atoms with E-state index in [4.69, 9.17) is 11.6 Å². The summed E-state index contributed by atoms with van der Waals surface area (Å²) in [4.78, 5) is 26.0. The monoisotopic (exact) mass is 349 g/mol. The van der Waals surface area contributed by atoms with Gasteiger partial charge in [-0.15, -0.1) is 0 Å². The van der Waals surface area contributed by atoms with Crippen molar-refractivity contribution in [1.82, 2.24) is 15.5 Å². The number of urea groups is 1. The van der Waals surface area contributed by atoms with Crippen LogP contribution in [0.25, 0.3) is 0 Å². The highest BCUT2D eigenvalue weighted by Gasteiger charge is 2.48. The molecule has 2 fully saturated rings. The molecule has 130 valence electrons. The van der Waals surface area contributed by atoms with Gasteiger partial charge in [0.15, 0.2) is 0 Å². The topological polar surface area (TPSA) is 61.4 Å². The number of imide groups is 1. The lowest BCUT2D eigenvalue weighted by atomic mass is 9.80. The molecule has 3 rings (SSSR count). The van der Waals surface area contributed by atoms with E-state index in [1.54, 1.807) is 0 Å². The molecule has 2 saturated heterocycles. The molecule has 2 atom stereocenters. The van der Waals surface area contributed by atoms with Crippen molar-refractivity contribution in [3.63, 3.8) is 0 Å². The maximum atomic E-state index is 12.1. The van der Waals surface area contributed by atoms with E-state index in [9.17, 15) is 9.59 Å². The number of amides is 3. The van der Waals surface area contributed by atoms with Gasteiger partial charge in [0, 0.05) is 17.5 Å². The first-order chi connectivity index (χ1) is 11.5. The first kappa shape index (κ1) is 17.2. The van der Waals surface area contributed by atoms with Gasteiger partial charge in [0.1, 0.15) is 5.54 Å². The summed E-state index contributed by atoms with van der Waals surface area (Å²) >= 11 is 5.91. The predicted octanol–water partition coefficient (Wildman–Crippen LogP) is 2.58. The minimum absolute atomic E-state index is 0.160. The second-order valence-electron chi connectivity index (χ2n) is 6.98. The van der Waals surface area contributed by atoms with Crippen molar-refractivity contribution in [2.45, 2.75) is 38.1 Å². The highest BCUT2D eigenvalue weighted by Crippen LogP contribution is 2.29. The Bertz CT molecular complexity index is 619. The SMILES string of the molecule is C[C@@]1([C@@H]2CCCN(CCCc3ccc(Cl)cc3)C2)NC(=O)NC1=O. The first-order valence-corrected chi connectivity index (χ1v) is 8.95. The molecule has 24 heavy (non-hydrogen) atoms. The zero-order chi connectivity index (χ0) is 17.2. The number of aryl methyl sites for hydroxylation is 1. The highest BCUT2D eigenvalue weighted by atomic mass is 35.5. The van der Waals surface area contributed by atoms with Crippen molar-refractivity contribution in [2.24, 2.45) is 5.92 Å². The lowest BCUT2D eigenvalue weighted by Gasteiger charge is -2.39. The van der Waals surface area contributed by atoms with Gasteiger partial charge in [-0.2, -0.15) is 0 Å². The number of hydrogen-bond acceptors (Lipinski definition) is 3. The fourth-order valence-electron chi connectivity index (χ4n) is 3.73. The zero-order valence-corrected chi connectivity index (χ0v) is 14.7. The van der Waals surface area contributed by atoms with Crippen LogP contribution in [0.5, 0.6) is 0 Å². The Morgan fingerprint density at radius 3 is 2.71 bits per heavy atom. The predicted molar refractivity (Wildman–Crippen MR) is 94.0 cm³/mol. The number of nitrogens with zero attached hydrogens (tertiary/aromatic N) is 1. The van der Waals surface area contributed by atoms with Crippen molar-refractivity contribution in [1.29, 1.82) is 0 Å². The van der Waals surface area contributed by atoms with Crippen molar-refractivity contribution in [3.05, 3.63) is 34.9 Å². The van der Waals surface area contributed by atoms with Gasteiger partial charge in [0.25, 0.3) is 5.91 Å². The van der Waals surface area contributed by atoms with Crippen LogP contribution in [0.1, 0.15) is 31.7 Å². The Labute approximate surface area is 147 Å². The molecule has 2 N–H and O–H groups in total. The van der Waals surface area contributed by atoms with Gasteiger partial charge in [0.2, 0.25) is 0 Å². The quantitative estimate of drug-likeness (QED) is 0.803. The Kier molecular flexibility index (Phi) is 5.11. The summed E-state index contributed by atoms with van der Waals surface area (Å²) in [5.41, 5.74) is 0.522. The Morgan fingerprint density at radius 1 is 1.29 bits per heavy atom. The van der Waals surface area contributed by atoms with Gasteiger partial charge >= 0.3 is 6.03 Å². The van der Waals surface area contributed by atoms with Gasteiger partial charge in [-0.1, -0.05) is 23.7 Å². The van der Waals surface area contributed by atoms with Gasteiger partial charge in [-0.25, -0.2) is 4.79 Å². The average molecular weight is 350 g/mol. The van der Waals surface area contributed by atoms with Crippen LogP contribution in [0.2, 0.25) is 5.02 Å². The number of halogens is 1. The molecule has 3 amide bonds. The highest BCUT2D eigenvalue weighted by molar-refractivity contribution is 6.30. The minimum Gasteiger partial charge on any atom is -0.323 e. The van der Waals surface area contributed by atoms with E-state index in [0.717, 1.165) is 50.3 Å². The van der Waals surface area contributed by atoms with Gasteiger partial charge < -0.3 is 10.2 Å². The number of carbonyl (C=O) groups is 2. The second-order valence-corrected chi connectivity index (χ2v) is 7.42. The number of rotatable bonds is 5. The smallest absolute Gasteiger partial charge is 0.322 e. The fourth-order valence-corrected chi connectivity index (χ4v) is 3.86. The van der Waals surface area contributed by atoms with Crippen LogP contribution in [0.3, 0.4) is 0 Å². The number of nitrogens with one attached hydrogen (secondary N) is 2. The zero-order valence-electron chi connectivity index (χ0n) is 14.0. The van der Waals surface area contributed by atoms with Crippen molar-refractivity contribution >= 4 is 23.5 Å². The summed E-state index contributed by atoms with van der Waals surface area (Å²) in [7, 11) is 0. The standard InChI is InChI=1S/C18H24ClN3O2/c1-18(16(23)20-17(24)21-18)14-5-3-11-22(12-14)10-2-4-13-6-8-15(19)9-7-13/h6-9,14H,2-5,10-12H2,1H3,(H2,20,21,23,24)/t14-,18+/m1/s1. The van der Waals surface area contributed by atoms with Crippen molar-refractivity contribution < 1.29 is 9.59 Å². The Balaban J connectivity index is 1.51. The molecule has 0 spiro atoms. The van der Waals surface area contributed by atoms with Gasteiger partial charge in [-0.3, -0.25) is 10.1 Å². The summed E-state index contributed by atoms with van der Waals surface area (Å²) in [6.45, 7) is 4.76. The number of carbonyl (C=O) groups excluding carboxylic acids is 2. The second kappa shape index (κ2) is 7.11. The molecule has 0 bridgehead atoms. The van der Waals surface area contributed by atoms with E-state index in [1.807, 2.05) is 19.1 Å². The molecule has 0 aliphatic carbocycles. The van der Waals surface area contributed by atoms with Gasteiger partial charge in [0.05, 0.1) is 0 Å². The molecule has 0 saturated carbocycles. The van der Waals surface area contributed by atoms with Crippen LogP contribution in [0, 0.1) is 5.92 Å². The molecule has 5 nitrogen and oxygen atoms in total. The molecular formula is C18H24ClN3O2. The molecule has 1 aromatic rings. The third-order valence-corrected chi connectivity index (χ3v) is 5.50. The summed E-state index contributed by atoms with van der Waals surface area (Å²) in [5, 5.41) is 5.96. The van der Waals surface area contributed by atoms with Crippen LogP contribution in [0.4, 0.5) is 4.79 Å². The van der Waals surface area contributed by atoms with Crippen LogP contribution >= 0.6 is 11.6 Å². The van der Waals surface area contributed by atoms with Crippen LogP contribution in [-0.2, 0) is 11.2 Å². The summed E-state index contributed by atoms with van der Waals surface area (Å²) < 4.78 is 0. The van der Waals surface area contributed by atoms with E-state index in [1.165, 1.54) is 5.56 Å². The van der Waals surface area contributed by atoms with E-state index in [0.29, 0.717) is 0 Å². The first-order valence-electron chi connectivity index (χ1n) is 8.58. The third-order valence-electron chi connectivity index (χ3n) is 5.25. The number of piperidine rings is 1. The molecule has 0 unspecified atom stereocenters. The van der Waals surface area contributed by atoms with Crippen LogP contribution in [-0.4, -0.2) is 42.0 Å². The minimum atomic E-state index is -0.772. The van der Waals surface area contributed by atoms with E-state index >= 15 is 0 Å². The Morgan fingerprint density at radius 2 is 2.04 bits per heavy atom. The van der Waals surface area contributed by atoms with E-state index < -0.39 is 5.54 Å². The molecule has 2 aliphatic rings. The van der Waals surface area contributed by atoms with E-state index in [-0.39, 0.29) is 17.9 Å². The molecule has 0 aromatic heterocycles. The lowest BCUT2D eigenvalue weighted by molar-refractivity contribution is -0.126. The summed E-state index contributed by atoms with van der Waals surface area (Å²) in [6.07, 6.45) is 4.12. The maximum absolute atomic E-state index is 12.1. The summed E-state index contributed by atoms with van der Waals surface area (Å²) in [5.74, 6) is -0.0336. The molecule has 0 radical (unpaired) electrons. The number of likely N-dealkylation sites (tertiary alicyclic amines) is 1. The number of hydrogen-bond donors (Lipinski definition) is 2. The maximum Gasteiger partial charge on any atom is 0.322 e. The van der Waals surface area contributed by atoms with Crippen LogP contribution < -0.4 is 10.6 Å². The van der Waals surface area contributed by atoms with Crippen molar-refractivity contribution in [2.75, 3.05) is 19.6 Å². The van der Waals surface area contributed by atoms with E-state index in [2.05, 4.69) is 27.7 Å². The van der Waals surface area contributed by atoms with Crippen molar-refractivity contribution in [3.8, 4) is 0 Å². The van der Waals surface area contributed by atoms with Gasteiger partial charge in [-0.05, 0) is 63.4 Å².